The van der Waals surface area contributed by atoms with E-state index in [9.17, 15) is 14.0 Å². The SMILES string of the molecule is CN(Cc1ccc(Cl)cc1)C(=O)C(CCCN1CCC2(CC1)OC(=O)Nc1ccc(F)cc12)c1ccc(Cl)c(Cl)c1. The number of hydrogen-bond acceptors (Lipinski definition) is 4. The highest BCUT2D eigenvalue weighted by Crippen LogP contribution is 2.44. The molecule has 1 saturated heterocycles. The number of rotatable bonds is 8. The molecule has 0 radical (unpaired) electrons. The third-order valence-electron chi connectivity index (χ3n) is 7.98. The van der Waals surface area contributed by atoms with Crippen molar-refractivity contribution in [2.24, 2.45) is 0 Å². The van der Waals surface area contributed by atoms with Gasteiger partial charge < -0.3 is 14.5 Å². The second-order valence-corrected chi connectivity index (χ2v) is 12.0. The van der Waals surface area contributed by atoms with Crippen LogP contribution in [0.25, 0.3) is 0 Å². The van der Waals surface area contributed by atoms with E-state index in [0.717, 1.165) is 24.1 Å². The van der Waals surface area contributed by atoms with E-state index in [1.807, 2.05) is 30.3 Å². The van der Waals surface area contributed by atoms with Crippen LogP contribution in [0.15, 0.2) is 60.7 Å². The van der Waals surface area contributed by atoms with Crippen LogP contribution in [0.2, 0.25) is 15.1 Å². The van der Waals surface area contributed by atoms with E-state index in [2.05, 4.69) is 10.2 Å². The molecule has 0 bridgehead atoms. The van der Waals surface area contributed by atoms with Crippen LogP contribution in [0.1, 0.15) is 48.3 Å². The van der Waals surface area contributed by atoms with Gasteiger partial charge in [-0.2, -0.15) is 0 Å². The van der Waals surface area contributed by atoms with Crippen molar-refractivity contribution in [3.05, 3.63) is 98.2 Å². The Bertz CT molecular complexity index is 1430. The highest BCUT2D eigenvalue weighted by Gasteiger charge is 2.44. The average molecular weight is 619 g/mol. The van der Waals surface area contributed by atoms with Crippen molar-refractivity contribution in [1.82, 2.24) is 9.80 Å². The van der Waals surface area contributed by atoms with Gasteiger partial charge in [-0.05, 0) is 73.0 Å². The van der Waals surface area contributed by atoms with Crippen molar-refractivity contribution in [1.29, 1.82) is 0 Å². The number of amides is 2. The Labute approximate surface area is 254 Å². The summed E-state index contributed by atoms with van der Waals surface area (Å²) >= 11 is 18.5. The van der Waals surface area contributed by atoms with Crippen molar-refractivity contribution in [3.63, 3.8) is 0 Å². The van der Waals surface area contributed by atoms with E-state index in [1.165, 1.54) is 12.1 Å². The van der Waals surface area contributed by atoms with Crippen molar-refractivity contribution in [3.8, 4) is 0 Å². The zero-order valence-corrected chi connectivity index (χ0v) is 24.9. The number of piperidine rings is 1. The molecule has 1 unspecified atom stereocenters. The number of likely N-dealkylation sites (tertiary alicyclic amines) is 1. The number of benzene rings is 3. The van der Waals surface area contributed by atoms with E-state index < -0.39 is 17.6 Å². The maximum absolute atomic E-state index is 14.1. The topological polar surface area (TPSA) is 61.9 Å². The molecule has 216 valence electrons. The van der Waals surface area contributed by atoms with Gasteiger partial charge in [0.2, 0.25) is 5.91 Å². The quantitative estimate of drug-likeness (QED) is 0.279. The third kappa shape index (κ3) is 6.81. The second kappa shape index (κ2) is 12.6. The van der Waals surface area contributed by atoms with E-state index in [0.29, 0.717) is 65.2 Å². The number of halogens is 4. The molecule has 0 saturated carbocycles. The van der Waals surface area contributed by atoms with Gasteiger partial charge in [0.1, 0.15) is 11.4 Å². The normalized spacial score (nSPS) is 17.0. The molecule has 1 N–H and O–H groups in total. The lowest BCUT2D eigenvalue weighted by molar-refractivity contribution is -0.132. The molecule has 10 heteroatoms. The fourth-order valence-corrected chi connectivity index (χ4v) is 6.20. The van der Waals surface area contributed by atoms with E-state index in [4.69, 9.17) is 39.5 Å². The van der Waals surface area contributed by atoms with Crippen LogP contribution in [0.5, 0.6) is 0 Å². The molecule has 6 nitrogen and oxygen atoms in total. The minimum atomic E-state index is -0.834. The zero-order chi connectivity index (χ0) is 29.1. The van der Waals surface area contributed by atoms with E-state index >= 15 is 0 Å². The van der Waals surface area contributed by atoms with Gasteiger partial charge in [0.15, 0.2) is 0 Å². The number of nitrogens with zero attached hydrogens (tertiary/aromatic N) is 2. The van der Waals surface area contributed by atoms with Crippen LogP contribution in [0.3, 0.4) is 0 Å². The molecule has 3 aromatic rings. The minimum absolute atomic E-state index is 0.00353. The molecule has 2 amide bonds. The monoisotopic (exact) mass is 617 g/mol. The van der Waals surface area contributed by atoms with Crippen molar-refractivity contribution >= 4 is 52.5 Å². The number of likely N-dealkylation sites (N-methyl/N-ethyl adjacent to an activating group) is 1. The fraction of sp³-hybridized carbons (Fsp3) is 0.355. The smallest absolute Gasteiger partial charge is 0.412 e. The summed E-state index contributed by atoms with van der Waals surface area (Å²) < 4.78 is 19.8. The standard InChI is InChI=1S/C31H31Cl3FN3O3/c1-37(19-20-4-7-22(32)8-5-20)29(39)24(21-6-10-26(33)27(34)17-21)3-2-14-38-15-12-31(13-16-38)25-18-23(35)9-11-28(25)36-30(40)41-31/h4-11,17-18,24H,2-3,12-16,19H2,1H3,(H,36,40). The molecule has 1 spiro atoms. The summed E-state index contributed by atoms with van der Waals surface area (Å²) in [7, 11) is 1.80. The number of hydrogen-bond donors (Lipinski definition) is 1. The maximum Gasteiger partial charge on any atom is 0.412 e. The van der Waals surface area contributed by atoms with Crippen molar-refractivity contribution in [2.75, 3.05) is 32.0 Å². The van der Waals surface area contributed by atoms with Gasteiger partial charge in [-0.1, -0.05) is 53.0 Å². The summed E-state index contributed by atoms with van der Waals surface area (Å²) in [5, 5.41) is 4.18. The lowest BCUT2D eigenvalue weighted by Gasteiger charge is -2.44. The zero-order valence-electron chi connectivity index (χ0n) is 22.6. The van der Waals surface area contributed by atoms with Crippen LogP contribution in [-0.2, 0) is 21.7 Å². The van der Waals surface area contributed by atoms with E-state index in [-0.39, 0.29) is 11.7 Å². The lowest BCUT2D eigenvalue weighted by Crippen LogP contribution is -2.48. The summed E-state index contributed by atoms with van der Waals surface area (Å²) in [6.07, 6.45) is 2.01. The van der Waals surface area contributed by atoms with Crippen LogP contribution < -0.4 is 5.32 Å². The molecule has 41 heavy (non-hydrogen) atoms. The summed E-state index contributed by atoms with van der Waals surface area (Å²) in [6, 6.07) is 17.2. The molecule has 2 aliphatic heterocycles. The third-order valence-corrected chi connectivity index (χ3v) is 8.97. The van der Waals surface area contributed by atoms with Gasteiger partial charge in [0.05, 0.1) is 21.7 Å². The first kappa shape index (κ1) is 29.6. The maximum atomic E-state index is 14.1. The van der Waals surface area contributed by atoms with Gasteiger partial charge in [-0.15, -0.1) is 0 Å². The highest BCUT2D eigenvalue weighted by molar-refractivity contribution is 6.42. The minimum Gasteiger partial charge on any atom is -0.438 e. The molecule has 0 aliphatic carbocycles. The Morgan fingerprint density at radius 2 is 1.78 bits per heavy atom. The molecule has 0 aromatic heterocycles. The molecule has 5 rings (SSSR count). The van der Waals surface area contributed by atoms with Crippen LogP contribution in [-0.4, -0.2) is 48.5 Å². The number of carbonyl (C=O) groups excluding carboxylic acids is 2. The first-order valence-corrected chi connectivity index (χ1v) is 14.7. The van der Waals surface area contributed by atoms with Crippen LogP contribution in [0, 0.1) is 5.82 Å². The number of carbonyl (C=O) groups is 2. The molecule has 1 fully saturated rings. The van der Waals surface area contributed by atoms with Crippen LogP contribution in [0.4, 0.5) is 14.9 Å². The first-order chi connectivity index (χ1) is 19.6. The fourth-order valence-electron chi connectivity index (χ4n) is 5.77. The van der Waals surface area contributed by atoms with Gasteiger partial charge in [0.25, 0.3) is 0 Å². The molecular formula is C31H31Cl3FN3O3. The number of fused-ring (bicyclic) bond motifs is 2. The first-order valence-electron chi connectivity index (χ1n) is 13.6. The Kier molecular flexibility index (Phi) is 9.09. The molecular weight excluding hydrogens is 588 g/mol. The number of nitrogens with one attached hydrogen (secondary N) is 1. The van der Waals surface area contributed by atoms with Crippen LogP contribution >= 0.6 is 34.8 Å². The molecule has 3 aromatic carbocycles. The van der Waals surface area contributed by atoms with Crippen molar-refractivity contribution in [2.45, 2.75) is 43.7 Å². The second-order valence-electron chi connectivity index (χ2n) is 10.7. The lowest BCUT2D eigenvalue weighted by atomic mass is 9.82. The number of anilines is 1. The Morgan fingerprint density at radius 3 is 2.49 bits per heavy atom. The highest BCUT2D eigenvalue weighted by atomic mass is 35.5. The largest absolute Gasteiger partial charge is 0.438 e. The van der Waals surface area contributed by atoms with Gasteiger partial charge in [-0.3, -0.25) is 10.1 Å². The Balaban J connectivity index is 1.24. The van der Waals surface area contributed by atoms with Crippen molar-refractivity contribution < 1.29 is 18.7 Å². The predicted octanol–water partition coefficient (Wildman–Crippen LogP) is 7.86. The van der Waals surface area contributed by atoms with E-state index in [1.54, 1.807) is 30.1 Å². The summed E-state index contributed by atoms with van der Waals surface area (Å²) in [5.41, 5.74) is 2.26. The van der Waals surface area contributed by atoms with Gasteiger partial charge >= 0.3 is 6.09 Å². The van der Waals surface area contributed by atoms with Gasteiger partial charge in [-0.25, -0.2) is 9.18 Å². The molecule has 2 heterocycles. The molecule has 1 atom stereocenters. The summed E-state index contributed by atoms with van der Waals surface area (Å²) in [4.78, 5) is 30.0. The summed E-state index contributed by atoms with van der Waals surface area (Å²) in [5.74, 6) is -0.751. The van der Waals surface area contributed by atoms with Gasteiger partial charge in [0, 0.05) is 50.1 Å². The predicted molar refractivity (Wildman–Crippen MR) is 160 cm³/mol. The summed E-state index contributed by atoms with van der Waals surface area (Å²) in [6.45, 7) is 2.60. The Hall–Kier alpha value is -2.84. The number of ether oxygens (including phenoxy) is 1. The molecule has 2 aliphatic rings. The Morgan fingerprint density at radius 1 is 1.05 bits per heavy atom. The average Bonchev–Trinajstić information content (AvgIpc) is 2.95.